The van der Waals surface area contributed by atoms with Crippen LogP contribution < -0.4 is 0 Å². The predicted octanol–water partition coefficient (Wildman–Crippen LogP) is 3.42. The van der Waals surface area contributed by atoms with Crippen LogP contribution in [-0.4, -0.2) is 17.0 Å². The average molecular weight is 181 g/mol. The third-order valence-corrected chi connectivity index (χ3v) is 2.90. The minimum absolute atomic E-state index is 0.641. The molecule has 0 aliphatic carbocycles. The largest absolute Gasteiger partial charge is 0.372 e. The molecule has 1 atom stereocenters. The minimum Gasteiger partial charge on any atom is -0.372 e. The van der Waals surface area contributed by atoms with Gasteiger partial charge in [0.2, 0.25) is 0 Å². The van der Waals surface area contributed by atoms with Crippen LogP contribution in [0.1, 0.15) is 47.0 Å². The third kappa shape index (κ3) is 2.75. The Morgan fingerprint density at radius 2 is 1.92 bits per heavy atom. The maximum atomic E-state index is 2.53. The zero-order chi connectivity index (χ0) is 9.84. The topological polar surface area (TPSA) is 3.24 Å². The van der Waals surface area contributed by atoms with Gasteiger partial charge in [-0.05, 0) is 45.2 Å². The molecule has 0 aromatic heterocycles. The Hall–Kier alpha value is -0.460. The second-order valence-corrected chi connectivity index (χ2v) is 4.67. The Balaban J connectivity index is 2.70. The van der Waals surface area contributed by atoms with Crippen LogP contribution in [0.4, 0.5) is 0 Å². The first-order valence-electron chi connectivity index (χ1n) is 5.57. The Kier molecular flexibility index (Phi) is 3.83. The molecule has 1 aliphatic rings. The Morgan fingerprint density at radius 3 is 2.46 bits per heavy atom. The Bertz CT molecular complexity index is 170. The van der Waals surface area contributed by atoms with E-state index in [1.54, 1.807) is 0 Å². The zero-order valence-corrected chi connectivity index (χ0v) is 9.46. The Morgan fingerprint density at radius 1 is 1.23 bits per heavy atom. The number of nitrogens with zero attached hydrogens (tertiary/aromatic N) is 1. The lowest BCUT2D eigenvalue weighted by molar-refractivity contribution is 0.174. The molecular weight excluding hydrogens is 158 g/mol. The van der Waals surface area contributed by atoms with Crippen molar-refractivity contribution < 1.29 is 0 Å². The summed E-state index contributed by atoms with van der Waals surface area (Å²) in [5.41, 5.74) is 0. The highest BCUT2D eigenvalue weighted by Gasteiger charge is 2.21. The maximum absolute atomic E-state index is 2.53. The van der Waals surface area contributed by atoms with Crippen LogP contribution >= 0.6 is 0 Å². The quantitative estimate of drug-likeness (QED) is 0.631. The number of hydrogen-bond acceptors (Lipinski definition) is 1. The number of allylic oxidation sites excluding steroid dienone is 1. The molecule has 1 aliphatic heterocycles. The summed E-state index contributed by atoms with van der Waals surface area (Å²) in [5, 5.41) is 0. The molecule has 13 heavy (non-hydrogen) atoms. The first-order chi connectivity index (χ1) is 6.13. The third-order valence-electron chi connectivity index (χ3n) is 2.90. The SMILES string of the molecule is CC(C)C1CCCC=CN1C(C)C. The van der Waals surface area contributed by atoms with E-state index in [0.717, 1.165) is 12.0 Å². The van der Waals surface area contributed by atoms with Crippen LogP contribution in [0.2, 0.25) is 0 Å². The molecule has 0 spiro atoms. The fraction of sp³-hybridized carbons (Fsp3) is 0.833. The van der Waals surface area contributed by atoms with E-state index < -0.39 is 0 Å². The molecule has 76 valence electrons. The standard InChI is InChI=1S/C12H23N/c1-10(2)12-8-6-5-7-9-13(12)11(3)4/h7,9-12H,5-6,8H2,1-4H3. The van der Waals surface area contributed by atoms with E-state index in [2.05, 4.69) is 44.9 Å². The first kappa shape index (κ1) is 10.6. The maximum Gasteiger partial charge on any atom is 0.0310 e. The summed E-state index contributed by atoms with van der Waals surface area (Å²) in [7, 11) is 0. The lowest BCUT2D eigenvalue weighted by Gasteiger charge is -2.35. The van der Waals surface area contributed by atoms with Gasteiger partial charge >= 0.3 is 0 Å². The van der Waals surface area contributed by atoms with Crippen LogP contribution in [0.15, 0.2) is 12.3 Å². The molecule has 1 nitrogen and oxygen atoms in total. The lowest BCUT2D eigenvalue weighted by atomic mass is 9.97. The molecule has 0 aromatic carbocycles. The van der Waals surface area contributed by atoms with Gasteiger partial charge < -0.3 is 4.90 Å². The van der Waals surface area contributed by atoms with Gasteiger partial charge in [-0.25, -0.2) is 0 Å². The zero-order valence-electron chi connectivity index (χ0n) is 9.46. The van der Waals surface area contributed by atoms with E-state index in [4.69, 9.17) is 0 Å². The Labute approximate surface area is 82.8 Å². The van der Waals surface area contributed by atoms with Gasteiger partial charge in [0.1, 0.15) is 0 Å². The van der Waals surface area contributed by atoms with E-state index in [1.165, 1.54) is 19.3 Å². The summed E-state index contributed by atoms with van der Waals surface area (Å²) in [6.07, 6.45) is 8.59. The van der Waals surface area contributed by atoms with Crippen molar-refractivity contribution >= 4 is 0 Å². The van der Waals surface area contributed by atoms with Crippen molar-refractivity contribution in [2.45, 2.75) is 59.0 Å². The van der Waals surface area contributed by atoms with E-state index in [1.807, 2.05) is 0 Å². The summed E-state index contributed by atoms with van der Waals surface area (Å²) < 4.78 is 0. The van der Waals surface area contributed by atoms with Crippen molar-refractivity contribution in [3.05, 3.63) is 12.3 Å². The molecular formula is C12H23N. The number of rotatable bonds is 2. The van der Waals surface area contributed by atoms with Crippen molar-refractivity contribution in [1.82, 2.24) is 4.90 Å². The summed E-state index contributed by atoms with van der Waals surface area (Å²) >= 11 is 0. The van der Waals surface area contributed by atoms with Crippen LogP contribution in [0.5, 0.6) is 0 Å². The molecule has 0 N–H and O–H groups in total. The van der Waals surface area contributed by atoms with Gasteiger partial charge in [-0.3, -0.25) is 0 Å². The van der Waals surface area contributed by atoms with E-state index >= 15 is 0 Å². The molecule has 0 bridgehead atoms. The van der Waals surface area contributed by atoms with E-state index in [9.17, 15) is 0 Å². The lowest BCUT2D eigenvalue weighted by Crippen LogP contribution is -2.39. The van der Waals surface area contributed by atoms with Crippen molar-refractivity contribution in [3.8, 4) is 0 Å². The highest BCUT2D eigenvalue weighted by atomic mass is 15.2. The normalized spacial score (nSPS) is 24.2. The van der Waals surface area contributed by atoms with Gasteiger partial charge in [0.05, 0.1) is 0 Å². The van der Waals surface area contributed by atoms with Crippen molar-refractivity contribution in [2.24, 2.45) is 5.92 Å². The van der Waals surface area contributed by atoms with Gasteiger partial charge in [-0.1, -0.05) is 19.9 Å². The van der Waals surface area contributed by atoms with E-state index in [0.29, 0.717) is 6.04 Å². The molecule has 0 aromatic rings. The molecule has 1 heteroatoms. The van der Waals surface area contributed by atoms with Crippen LogP contribution in [-0.2, 0) is 0 Å². The number of hydrogen-bond donors (Lipinski definition) is 0. The molecule has 0 amide bonds. The van der Waals surface area contributed by atoms with Crippen LogP contribution in [0.3, 0.4) is 0 Å². The summed E-state index contributed by atoms with van der Waals surface area (Å²) in [4.78, 5) is 2.53. The minimum atomic E-state index is 0.641. The molecule has 0 saturated carbocycles. The highest BCUT2D eigenvalue weighted by molar-refractivity contribution is 4.93. The van der Waals surface area contributed by atoms with Gasteiger partial charge in [0.25, 0.3) is 0 Å². The molecule has 1 rings (SSSR count). The van der Waals surface area contributed by atoms with Gasteiger partial charge in [0.15, 0.2) is 0 Å². The molecule has 0 fully saturated rings. The van der Waals surface area contributed by atoms with E-state index in [-0.39, 0.29) is 0 Å². The highest BCUT2D eigenvalue weighted by Crippen LogP contribution is 2.23. The van der Waals surface area contributed by atoms with Gasteiger partial charge in [0, 0.05) is 12.1 Å². The average Bonchev–Trinajstić information content (AvgIpc) is 2.27. The summed E-state index contributed by atoms with van der Waals surface area (Å²) in [6.45, 7) is 9.23. The van der Waals surface area contributed by atoms with Crippen molar-refractivity contribution in [1.29, 1.82) is 0 Å². The van der Waals surface area contributed by atoms with Crippen LogP contribution in [0, 0.1) is 5.92 Å². The molecule has 0 radical (unpaired) electrons. The smallest absolute Gasteiger partial charge is 0.0310 e. The summed E-state index contributed by atoms with van der Waals surface area (Å²) in [5.74, 6) is 0.769. The summed E-state index contributed by atoms with van der Waals surface area (Å²) in [6, 6.07) is 1.39. The van der Waals surface area contributed by atoms with Gasteiger partial charge in [-0.15, -0.1) is 0 Å². The fourth-order valence-electron chi connectivity index (χ4n) is 2.13. The van der Waals surface area contributed by atoms with Crippen molar-refractivity contribution in [2.75, 3.05) is 0 Å². The van der Waals surface area contributed by atoms with Crippen LogP contribution in [0.25, 0.3) is 0 Å². The fourth-order valence-corrected chi connectivity index (χ4v) is 2.13. The van der Waals surface area contributed by atoms with Crippen molar-refractivity contribution in [3.63, 3.8) is 0 Å². The monoisotopic (exact) mass is 181 g/mol. The molecule has 1 heterocycles. The van der Waals surface area contributed by atoms with Gasteiger partial charge in [-0.2, -0.15) is 0 Å². The second-order valence-electron chi connectivity index (χ2n) is 4.67. The predicted molar refractivity (Wildman–Crippen MR) is 58.6 cm³/mol. The first-order valence-corrected chi connectivity index (χ1v) is 5.57. The molecule has 1 unspecified atom stereocenters. The molecule has 0 saturated heterocycles. The second kappa shape index (κ2) is 4.69.